The normalized spacial score (nSPS) is 23.3. The lowest BCUT2D eigenvalue weighted by Crippen LogP contribution is -2.61. The first-order chi connectivity index (χ1) is 16.2. The lowest BCUT2D eigenvalue weighted by atomic mass is 9.94. The summed E-state index contributed by atoms with van der Waals surface area (Å²) >= 11 is 0. The van der Waals surface area contributed by atoms with Crippen molar-refractivity contribution in [3.8, 4) is 0 Å². The van der Waals surface area contributed by atoms with Crippen LogP contribution >= 0.6 is 0 Å². The Labute approximate surface area is 195 Å². The van der Waals surface area contributed by atoms with Gasteiger partial charge in [-0.05, 0) is 16.7 Å². The SMILES string of the molecule is C=C[C@@H]1[C@@H](OCc2ccccc2)[C@@H](OCc2ccccc2)[C@H](OCc2ccccc2)CN1O. The van der Waals surface area contributed by atoms with Crippen LogP contribution in [0.5, 0.6) is 0 Å². The third-order valence-electron chi connectivity index (χ3n) is 5.86. The van der Waals surface area contributed by atoms with Gasteiger partial charge in [-0.15, -0.1) is 6.58 Å². The van der Waals surface area contributed by atoms with E-state index in [1.165, 1.54) is 5.06 Å². The number of rotatable bonds is 10. The summed E-state index contributed by atoms with van der Waals surface area (Å²) in [5.41, 5.74) is 3.19. The third-order valence-corrected chi connectivity index (χ3v) is 5.86. The van der Waals surface area contributed by atoms with Gasteiger partial charge < -0.3 is 19.4 Å². The van der Waals surface area contributed by atoms with Gasteiger partial charge in [0.15, 0.2) is 0 Å². The van der Waals surface area contributed by atoms with E-state index in [9.17, 15) is 5.21 Å². The maximum absolute atomic E-state index is 10.8. The van der Waals surface area contributed by atoms with Gasteiger partial charge in [-0.2, -0.15) is 5.06 Å². The zero-order valence-electron chi connectivity index (χ0n) is 18.7. The molecule has 4 rings (SSSR count). The van der Waals surface area contributed by atoms with Gasteiger partial charge in [0.1, 0.15) is 18.3 Å². The van der Waals surface area contributed by atoms with Crippen LogP contribution in [0, 0.1) is 0 Å². The fourth-order valence-electron chi connectivity index (χ4n) is 4.10. The number of hydroxylamine groups is 2. The summed E-state index contributed by atoms with van der Waals surface area (Å²) in [4.78, 5) is 0. The Balaban J connectivity index is 1.53. The Morgan fingerprint density at radius 2 is 1.12 bits per heavy atom. The molecule has 0 radical (unpaired) electrons. The van der Waals surface area contributed by atoms with E-state index in [0.717, 1.165) is 16.7 Å². The molecule has 33 heavy (non-hydrogen) atoms. The fourth-order valence-corrected chi connectivity index (χ4v) is 4.10. The van der Waals surface area contributed by atoms with Crippen molar-refractivity contribution in [2.75, 3.05) is 6.54 Å². The second-order valence-electron chi connectivity index (χ2n) is 8.21. The van der Waals surface area contributed by atoms with Gasteiger partial charge in [0.25, 0.3) is 0 Å². The van der Waals surface area contributed by atoms with E-state index >= 15 is 0 Å². The van der Waals surface area contributed by atoms with Gasteiger partial charge in [-0.1, -0.05) is 97.1 Å². The molecule has 1 saturated heterocycles. The second kappa shape index (κ2) is 11.9. The van der Waals surface area contributed by atoms with Crippen LogP contribution in [0.25, 0.3) is 0 Å². The zero-order valence-corrected chi connectivity index (χ0v) is 18.7. The minimum Gasteiger partial charge on any atom is -0.369 e. The molecule has 1 aliphatic rings. The molecule has 0 spiro atoms. The van der Waals surface area contributed by atoms with Crippen molar-refractivity contribution in [1.82, 2.24) is 5.06 Å². The van der Waals surface area contributed by atoms with E-state index < -0.39 is 12.1 Å². The smallest absolute Gasteiger partial charge is 0.113 e. The Bertz CT molecular complexity index is 967. The summed E-state index contributed by atoms with van der Waals surface area (Å²) < 4.78 is 19.0. The molecule has 0 unspecified atom stereocenters. The largest absolute Gasteiger partial charge is 0.369 e. The summed E-state index contributed by atoms with van der Waals surface area (Å²) in [7, 11) is 0. The fraction of sp³-hybridized carbons (Fsp3) is 0.286. The summed E-state index contributed by atoms with van der Waals surface area (Å²) in [6.45, 7) is 5.49. The van der Waals surface area contributed by atoms with Gasteiger partial charge in [0.2, 0.25) is 0 Å². The molecule has 1 aliphatic heterocycles. The molecule has 3 aromatic carbocycles. The van der Waals surface area contributed by atoms with E-state index in [-0.39, 0.29) is 12.2 Å². The van der Waals surface area contributed by atoms with E-state index in [0.29, 0.717) is 26.4 Å². The molecule has 5 nitrogen and oxygen atoms in total. The monoisotopic (exact) mass is 445 g/mol. The topological polar surface area (TPSA) is 51.2 Å². The van der Waals surface area contributed by atoms with E-state index in [1.54, 1.807) is 6.08 Å². The molecule has 0 aliphatic carbocycles. The predicted octanol–water partition coefficient (Wildman–Crippen LogP) is 5.00. The molecule has 1 N–H and O–H groups in total. The maximum Gasteiger partial charge on any atom is 0.113 e. The van der Waals surface area contributed by atoms with Crippen LogP contribution in [0.15, 0.2) is 104 Å². The first-order valence-corrected chi connectivity index (χ1v) is 11.3. The average molecular weight is 446 g/mol. The minimum atomic E-state index is -0.453. The molecule has 0 bridgehead atoms. The highest BCUT2D eigenvalue weighted by Gasteiger charge is 2.44. The summed E-state index contributed by atoms with van der Waals surface area (Å²) in [6.07, 6.45) is 0.493. The van der Waals surface area contributed by atoms with Gasteiger partial charge in [0, 0.05) is 0 Å². The van der Waals surface area contributed by atoms with Crippen molar-refractivity contribution in [2.45, 2.75) is 44.2 Å². The van der Waals surface area contributed by atoms with Gasteiger partial charge >= 0.3 is 0 Å². The number of hydrogen-bond donors (Lipinski definition) is 1. The maximum atomic E-state index is 10.8. The molecule has 0 saturated carbocycles. The highest BCUT2D eigenvalue weighted by atomic mass is 16.6. The van der Waals surface area contributed by atoms with Crippen LogP contribution in [0.2, 0.25) is 0 Å². The second-order valence-corrected chi connectivity index (χ2v) is 8.21. The molecule has 172 valence electrons. The molecule has 5 heteroatoms. The number of ether oxygens (including phenoxy) is 3. The van der Waals surface area contributed by atoms with Crippen LogP contribution in [0.4, 0.5) is 0 Å². The third kappa shape index (κ3) is 6.38. The quantitative estimate of drug-likeness (QED) is 0.445. The number of hydrogen-bond acceptors (Lipinski definition) is 5. The number of nitrogens with zero attached hydrogens (tertiary/aromatic N) is 1. The first kappa shape index (κ1) is 23.4. The average Bonchev–Trinajstić information content (AvgIpc) is 2.87. The summed E-state index contributed by atoms with van der Waals surface area (Å²) in [5, 5.41) is 12.0. The molecule has 0 amide bonds. The van der Waals surface area contributed by atoms with Gasteiger partial charge in [0.05, 0.1) is 32.4 Å². The van der Waals surface area contributed by atoms with Gasteiger partial charge in [-0.25, -0.2) is 0 Å². The predicted molar refractivity (Wildman–Crippen MR) is 128 cm³/mol. The van der Waals surface area contributed by atoms with Crippen molar-refractivity contribution in [1.29, 1.82) is 0 Å². The van der Waals surface area contributed by atoms with Crippen molar-refractivity contribution in [3.63, 3.8) is 0 Å². The molecule has 3 aromatic rings. The van der Waals surface area contributed by atoms with Crippen LogP contribution in [0.3, 0.4) is 0 Å². The highest BCUT2D eigenvalue weighted by Crippen LogP contribution is 2.28. The summed E-state index contributed by atoms with van der Waals surface area (Å²) in [6, 6.07) is 29.6. The van der Waals surface area contributed by atoms with Crippen molar-refractivity contribution in [3.05, 3.63) is 120 Å². The Morgan fingerprint density at radius 3 is 1.58 bits per heavy atom. The van der Waals surface area contributed by atoms with Crippen LogP contribution in [-0.2, 0) is 34.0 Å². The lowest BCUT2D eigenvalue weighted by Gasteiger charge is -2.45. The minimum absolute atomic E-state index is 0.300. The van der Waals surface area contributed by atoms with E-state index in [4.69, 9.17) is 14.2 Å². The number of piperidine rings is 1. The Morgan fingerprint density at radius 1 is 0.697 bits per heavy atom. The Hall–Kier alpha value is -2.80. The highest BCUT2D eigenvalue weighted by molar-refractivity contribution is 5.16. The molecule has 1 heterocycles. The molecular weight excluding hydrogens is 414 g/mol. The number of benzene rings is 3. The van der Waals surface area contributed by atoms with E-state index in [2.05, 4.69) is 6.58 Å². The molecular formula is C28H31NO4. The summed E-state index contributed by atoms with van der Waals surface area (Å²) in [5.74, 6) is 0. The Kier molecular flexibility index (Phi) is 8.41. The molecule has 4 atom stereocenters. The standard InChI is InChI=1S/C28H31NO4/c1-2-25-27(32-20-23-14-8-4-9-15-23)28(33-21-24-16-10-5-11-17-24)26(18-29(25)30)31-19-22-12-6-3-7-13-22/h2-17,25-28,30H,1,18-21H2/t25-,26-,27-,28+/m1/s1. The molecule has 0 aromatic heterocycles. The zero-order chi connectivity index (χ0) is 22.9. The van der Waals surface area contributed by atoms with Crippen LogP contribution in [0.1, 0.15) is 16.7 Å². The lowest BCUT2D eigenvalue weighted by molar-refractivity contribution is -0.256. The van der Waals surface area contributed by atoms with Crippen molar-refractivity contribution < 1.29 is 19.4 Å². The first-order valence-electron chi connectivity index (χ1n) is 11.3. The van der Waals surface area contributed by atoms with Crippen molar-refractivity contribution in [2.24, 2.45) is 0 Å². The van der Waals surface area contributed by atoms with Gasteiger partial charge in [-0.3, -0.25) is 0 Å². The van der Waals surface area contributed by atoms with E-state index in [1.807, 2.05) is 91.0 Å². The van der Waals surface area contributed by atoms with Crippen LogP contribution in [-0.4, -0.2) is 41.2 Å². The molecule has 1 fully saturated rings. The van der Waals surface area contributed by atoms with Crippen LogP contribution < -0.4 is 0 Å². The van der Waals surface area contributed by atoms with Crippen molar-refractivity contribution >= 4 is 0 Å².